The molecule has 0 spiro atoms. The Hall–Kier alpha value is -2.81. The molecular weight excluding hydrogens is 323 g/mol. The van der Waals surface area contributed by atoms with Crippen LogP contribution in [0.5, 0.6) is 5.75 Å². The summed E-state index contributed by atoms with van der Waals surface area (Å²) in [7, 11) is -4.15. The van der Waals surface area contributed by atoms with Gasteiger partial charge in [0, 0.05) is 6.07 Å². The molecule has 2 aromatic carbocycles. The van der Waals surface area contributed by atoms with Gasteiger partial charge in [-0.05, 0) is 47.2 Å². The fourth-order valence-corrected chi connectivity index (χ4v) is 3.14. The number of hydrogen-bond acceptors (Lipinski definition) is 6. The molecule has 0 aliphatic rings. The summed E-state index contributed by atoms with van der Waals surface area (Å²) in [5.41, 5.74) is 0.918. The Morgan fingerprint density at radius 3 is 2.74 bits per heavy atom. The van der Waals surface area contributed by atoms with Gasteiger partial charge in [0.2, 0.25) is 0 Å². The van der Waals surface area contributed by atoms with Gasteiger partial charge >= 0.3 is 10.1 Å². The van der Waals surface area contributed by atoms with Crippen molar-refractivity contribution >= 4 is 10.1 Å². The van der Waals surface area contributed by atoms with Crippen molar-refractivity contribution in [2.75, 3.05) is 0 Å². The van der Waals surface area contributed by atoms with E-state index in [2.05, 4.69) is 15.5 Å². The molecule has 1 aromatic heterocycles. The van der Waals surface area contributed by atoms with Gasteiger partial charge < -0.3 is 4.18 Å². The van der Waals surface area contributed by atoms with Crippen molar-refractivity contribution in [2.45, 2.75) is 11.8 Å². The van der Waals surface area contributed by atoms with Crippen molar-refractivity contribution in [3.8, 4) is 11.4 Å². The van der Waals surface area contributed by atoms with Crippen LogP contribution in [0, 0.1) is 12.7 Å². The zero-order chi connectivity index (χ0) is 16.4. The molecule has 118 valence electrons. The molecule has 0 atom stereocenters. The van der Waals surface area contributed by atoms with E-state index in [-0.39, 0.29) is 10.6 Å². The Morgan fingerprint density at radius 2 is 2.00 bits per heavy atom. The molecule has 9 heteroatoms. The first kappa shape index (κ1) is 15.1. The molecule has 1 heterocycles. The summed E-state index contributed by atoms with van der Waals surface area (Å²) in [6.45, 7) is 1.56. The summed E-state index contributed by atoms with van der Waals surface area (Å²) >= 11 is 0. The highest BCUT2D eigenvalue weighted by Crippen LogP contribution is 2.23. The van der Waals surface area contributed by atoms with Crippen LogP contribution in [0.15, 0.2) is 53.7 Å². The van der Waals surface area contributed by atoms with Crippen molar-refractivity contribution in [1.29, 1.82) is 0 Å². The number of tetrazole rings is 1. The van der Waals surface area contributed by atoms with Crippen molar-refractivity contribution in [2.24, 2.45) is 0 Å². The second-order valence-electron chi connectivity index (χ2n) is 4.70. The Morgan fingerprint density at radius 1 is 1.17 bits per heavy atom. The van der Waals surface area contributed by atoms with Crippen LogP contribution in [0.2, 0.25) is 0 Å². The largest absolute Gasteiger partial charge is 0.379 e. The van der Waals surface area contributed by atoms with E-state index in [1.54, 1.807) is 19.1 Å². The van der Waals surface area contributed by atoms with E-state index in [9.17, 15) is 12.8 Å². The standard InChI is InChI=1S/C14H11FN4O3S/c1-10-5-6-11(15)7-14(10)23(20,21)22-13-4-2-3-12(8-13)19-9-16-17-18-19/h2-9H,1H3. The third kappa shape index (κ3) is 3.19. The van der Waals surface area contributed by atoms with E-state index in [4.69, 9.17) is 4.18 Å². The van der Waals surface area contributed by atoms with Crippen LogP contribution in [-0.2, 0) is 10.1 Å². The molecule has 3 rings (SSSR count). The zero-order valence-corrected chi connectivity index (χ0v) is 12.7. The van der Waals surface area contributed by atoms with Crippen LogP contribution in [0.3, 0.4) is 0 Å². The third-order valence-electron chi connectivity index (χ3n) is 3.06. The molecule has 0 N–H and O–H groups in total. The second kappa shape index (κ2) is 5.76. The number of rotatable bonds is 4. The fourth-order valence-electron chi connectivity index (χ4n) is 1.97. The first-order valence-corrected chi connectivity index (χ1v) is 7.90. The minimum atomic E-state index is -4.15. The predicted molar refractivity (Wildman–Crippen MR) is 78.1 cm³/mol. The van der Waals surface area contributed by atoms with Gasteiger partial charge in [0.05, 0.1) is 5.69 Å². The molecule has 7 nitrogen and oxygen atoms in total. The van der Waals surface area contributed by atoms with Gasteiger partial charge in [-0.15, -0.1) is 5.10 Å². The fraction of sp³-hybridized carbons (Fsp3) is 0.0714. The minimum absolute atomic E-state index is 0.0710. The maximum absolute atomic E-state index is 13.3. The molecule has 0 aliphatic heterocycles. The number of aryl methyl sites for hydroxylation is 1. The summed E-state index contributed by atoms with van der Waals surface area (Å²) in [5, 5.41) is 10.7. The quantitative estimate of drug-likeness (QED) is 0.677. The van der Waals surface area contributed by atoms with Crippen molar-refractivity contribution in [3.05, 3.63) is 60.2 Å². The summed E-state index contributed by atoms with van der Waals surface area (Å²) in [5.74, 6) is -0.582. The first-order valence-electron chi connectivity index (χ1n) is 6.50. The van der Waals surface area contributed by atoms with E-state index in [0.29, 0.717) is 11.3 Å². The lowest BCUT2D eigenvalue weighted by molar-refractivity contribution is 0.484. The number of benzene rings is 2. The predicted octanol–water partition coefficient (Wildman–Crippen LogP) is 1.88. The summed E-state index contributed by atoms with van der Waals surface area (Å²) in [6.07, 6.45) is 1.37. The molecule has 0 aliphatic carbocycles. The lowest BCUT2D eigenvalue weighted by Crippen LogP contribution is -2.12. The van der Waals surface area contributed by atoms with Crippen molar-refractivity contribution in [3.63, 3.8) is 0 Å². The molecule has 0 fully saturated rings. The smallest absolute Gasteiger partial charge is 0.339 e. The highest BCUT2D eigenvalue weighted by atomic mass is 32.2. The van der Waals surface area contributed by atoms with E-state index in [1.807, 2.05) is 0 Å². The SMILES string of the molecule is Cc1ccc(F)cc1S(=O)(=O)Oc1cccc(-n2cnnn2)c1. The van der Waals surface area contributed by atoms with Gasteiger partial charge in [-0.25, -0.2) is 9.07 Å². The number of halogens is 1. The van der Waals surface area contributed by atoms with Gasteiger partial charge in [-0.2, -0.15) is 8.42 Å². The Bertz CT molecular complexity index is 942. The van der Waals surface area contributed by atoms with E-state index in [1.165, 1.54) is 35.3 Å². The van der Waals surface area contributed by atoms with E-state index in [0.717, 1.165) is 6.07 Å². The van der Waals surface area contributed by atoms with Crippen LogP contribution < -0.4 is 4.18 Å². The summed E-state index contributed by atoms with van der Waals surface area (Å²) in [4.78, 5) is -0.217. The highest BCUT2D eigenvalue weighted by molar-refractivity contribution is 7.87. The molecule has 3 aromatic rings. The van der Waals surface area contributed by atoms with E-state index >= 15 is 0 Å². The Labute approximate surface area is 131 Å². The minimum Gasteiger partial charge on any atom is -0.379 e. The van der Waals surface area contributed by atoms with Crippen LogP contribution in [0.4, 0.5) is 4.39 Å². The van der Waals surface area contributed by atoms with Crippen LogP contribution in [0.25, 0.3) is 5.69 Å². The second-order valence-corrected chi connectivity index (χ2v) is 6.21. The molecule has 0 bridgehead atoms. The summed E-state index contributed by atoms with van der Waals surface area (Å²) < 4.78 is 44.4. The lowest BCUT2D eigenvalue weighted by Gasteiger charge is -2.10. The maximum atomic E-state index is 13.3. The zero-order valence-electron chi connectivity index (χ0n) is 11.9. The van der Waals surface area contributed by atoms with Crippen LogP contribution >= 0.6 is 0 Å². The Kier molecular flexibility index (Phi) is 3.78. The van der Waals surface area contributed by atoms with Crippen LogP contribution in [0.1, 0.15) is 5.56 Å². The van der Waals surface area contributed by atoms with Gasteiger partial charge in [0.25, 0.3) is 0 Å². The third-order valence-corrected chi connectivity index (χ3v) is 4.45. The van der Waals surface area contributed by atoms with Crippen molar-refractivity contribution in [1.82, 2.24) is 20.2 Å². The molecule has 0 unspecified atom stereocenters. The van der Waals surface area contributed by atoms with Gasteiger partial charge in [0.1, 0.15) is 22.8 Å². The van der Waals surface area contributed by atoms with Gasteiger partial charge in [-0.1, -0.05) is 12.1 Å². The highest BCUT2D eigenvalue weighted by Gasteiger charge is 2.20. The Balaban J connectivity index is 1.95. The molecular formula is C14H11FN4O3S. The monoisotopic (exact) mass is 334 g/mol. The molecule has 0 amide bonds. The van der Waals surface area contributed by atoms with Gasteiger partial charge in [0.15, 0.2) is 0 Å². The lowest BCUT2D eigenvalue weighted by atomic mass is 10.2. The van der Waals surface area contributed by atoms with Gasteiger partial charge in [-0.3, -0.25) is 0 Å². The summed E-state index contributed by atoms with van der Waals surface area (Å²) in [6, 6.07) is 9.71. The molecule has 0 radical (unpaired) electrons. The first-order chi connectivity index (χ1) is 11.0. The average Bonchev–Trinajstić information content (AvgIpc) is 3.04. The average molecular weight is 334 g/mol. The van der Waals surface area contributed by atoms with Crippen LogP contribution in [-0.4, -0.2) is 28.6 Å². The number of aromatic nitrogens is 4. The van der Waals surface area contributed by atoms with Crippen molar-refractivity contribution < 1.29 is 17.0 Å². The molecule has 23 heavy (non-hydrogen) atoms. The molecule has 0 saturated heterocycles. The van der Waals surface area contributed by atoms with E-state index < -0.39 is 15.9 Å². The maximum Gasteiger partial charge on any atom is 0.339 e. The normalized spacial score (nSPS) is 11.4. The number of hydrogen-bond donors (Lipinski definition) is 0. The number of nitrogens with zero attached hydrogens (tertiary/aromatic N) is 4. The topological polar surface area (TPSA) is 87.0 Å². The molecule has 0 saturated carbocycles.